The first-order valence-corrected chi connectivity index (χ1v) is 16.6. The molecule has 40 heavy (non-hydrogen) atoms. The summed E-state index contributed by atoms with van der Waals surface area (Å²) in [6, 6.07) is 15.0. The van der Waals surface area contributed by atoms with Gasteiger partial charge in [-0.25, -0.2) is 16.8 Å². The zero-order valence-electron chi connectivity index (χ0n) is 22.4. The van der Waals surface area contributed by atoms with Crippen molar-refractivity contribution in [2.24, 2.45) is 0 Å². The van der Waals surface area contributed by atoms with Crippen molar-refractivity contribution in [2.75, 3.05) is 38.6 Å². The third kappa shape index (κ3) is 6.32. The first-order valence-electron chi connectivity index (χ1n) is 13.5. The molecule has 10 nitrogen and oxygen atoms in total. The van der Waals surface area contributed by atoms with E-state index in [2.05, 4.69) is 10.3 Å². The number of nitrogens with zero attached hydrogens (tertiary/aromatic N) is 2. The second-order valence-corrected chi connectivity index (χ2v) is 14.6. The minimum absolute atomic E-state index is 0.00413. The van der Waals surface area contributed by atoms with E-state index in [1.165, 1.54) is 16.4 Å². The third-order valence-electron chi connectivity index (χ3n) is 7.68. The van der Waals surface area contributed by atoms with Crippen LogP contribution in [0.4, 0.5) is 0 Å². The van der Waals surface area contributed by atoms with Gasteiger partial charge in [0.15, 0.2) is 9.84 Å². The second kappa shape index (κ2) is 11.7. The number of fused-ring (bicyclic) bond motifs is 1. The molecule has 2 atom stereocenters. The van der Waals surface area contributed by atoms with Crippen LogP contribution < -0.4 is 10.1 Å². The lowest BCUT2D eigenvalue weighted by atomic mass is 9.88. The van der Waals surface area contributed by atoms with Crippen molar-refractivity contribution in [3.05, 3.63) is 60.8 Å². The van der Waals surface area contributed by atoms with Crippen LogP contribution in [0.3, 0.4) is 0 Å². The van der Waals surface area contributed by atoms with Gasteiger partial charge >= 0.3 is 0 Å². The van der Waals surface area contributed by atoms with E-state index in [0.29, 0.717) is 38.3 Å². The topological polar surface area (TPSA) is 135 Å². The first-order chi connectivity index (χ1) is 19.1. The zero-order chi connectivity index (χ0) is 28.4. The molecule has 12 heteroatoms. The number of aromatic nitrogens is 1. The van der Waals surface area contributed by atoms with Crippen LogP contribution in [-0.2, 0) is 24.6 Å². The molecule has 0 aliphatic carbocycles. The number of pyridine rings is 1. The fourth-order valence-corrected chi connectivity index (χ4v) is 7.69. The van der Waals surface area contributed by atoms with Crippen LogP contribution >= 0.6 is 0 Å². The molecule has 2 N–H and O–H groups in total. The Bertz CT molecular complexity index is 1550. The van der Waals surface area contributed by atoms with Crippen molar-refractivity contribution >= 4 is 30.8 Å². The van der Waals surface area contributed by atoms with Crippen LogP contribution in [0.25, 0.3) is 10.9 Å². The molecule has 0 amide bonds. The molecule has 5 rings (SSSR count). The standard InChI is InChI=1S/C28H35N3O7S2/c1-2-39(33,34)25-7-3-6-24(16-25)37-20-23(32)18-30-22-17-28(38-19-22)10-13-31(14-11-28)40(35,36)26-8-9-27-21(15-26)5-4-12-29-27/h3-9,12,15-16,22-23,30,32H,2,10-11,13-14,17-20H2,1H3. The summed E-state index contributed by atoms with van der Waals surface area (Å²) >= 11 is 0. The highest BCUT2D eigenvalue weighted by Gasteiger charge is 2.44. The van der Waals surface area contributed by atoms with Gasteiger partial charge in [-0.2, -0.15) is 4.31 Å². The highest BCUT2D eigenvalue weighted by molar-refractivity contribution is 7.91. The van der Waals surface area contributed by atoms with E-state index in [1.807, 2.05) is 6.07 Å². The minimum Gasteiger partial charge on any atom is -0.491 e. The molecule has 3 heterocycles. The van der Waals surface area contributed by atoms with E-state index >= 15 is 0 Å². The lowest BCUT2D eigenvalue weighted by molar-refractivity contribution is -0.0312. The molecule has 2 fully saturated rings. The van der Waals surface area contributed by atoms with Gasteiger partial charge in [-0.3, -0.25) is 4.98 Å². The Kier molecular flexibility index (Phi) is 8.46. The Morgan fingerprint density at radius 2 is 1.90 bits per heavy atom. The number of nitrogens with one attached hydrogen (secondary N) is 1. The molecular weight excluding hydrogens is 554 g/mol. The summed E-state index contributed by atoms with van der Waals surface area (Å²) in [5.74, 6) is 0.392. The maximum absolute atomic E-state index is 13.3. The van der Waals surface area contributed by atoms with Gasteiger partial charge in [-0.05, 0) is 61.7 Å². The highest BCUT2D eigenvalue weighted by Crippen LogP contribution is 2.37. The normalized spacial score (nSPS) is 20.6. The molecule has 2 aliphatic heterocycles. The maximum atomic E-state index is 13.3. The van der Waals surface area contributed by atoms with Crippen molar-refractivity contribution in [2.45, 2.75) is 53.7 Å². The predicted octanol–water partition coefficient (Wildman–Crippen LogP) is 2.37. The fraction of sp³-hybridized carbons (Fsp3) is 0.464. The number of ether oxygens (including phenoxy) is 2. The van der Waals surface area contributed by atoms with Gasteiger partial charge in [-0.15, -0.1) is 0 Å². The SMILES string of the molecule is CCS(=O)(=O)c1cccc(OCC(O)CNC2COC3(CCN(S(=O)(=O)c4ccc5ncccc5c4)CC3)C2)c1. The number of piperidine rings is 1. The van der Waals surface area contributed by atoms with Crippen molar-refractivity contribution in [3.8, 4) is 5.75 Å². The lowest BCUT2D eigenvalue weighted by Crippen LogP contribution is -2.47. The van der Waals surface area contributed by atoms with Crippen molar-refractivity contribution in [1.29, 1.82) is 0 Å². The highest BCUT2D eigenvalue weighted by atomic mass is 32.2. The first kappa shape index (κ1) is 28.9. The predicted molar refractivity (Wildman–Crippen MR) is 150 cm³/mol. The van der Waals surface area contributed by atoms with E-state index in [0.717, 1.165) is 17.3 Å². The van der Waals surface area contributed by atoms with Crippen molar-refractivity contribution in [1.82, 2.24) is 14.6 Å². The molecular formula is C28H35N3O7S2. The van der Waals surface area contributed by atoms with Crippen LogP contribution in [0.5, 0.6) is 5.75 Å². The number of hydrogen-bond acceptors (Lipinski definition) is 9. The van der Waals surface area contributed by atoms with E-state index < -0.39 is 26.0 Å². The Balaban J connectivity index is 1.09. The summed E-state index contributed by atoms with van der Waals surface area (Å²) in [5, 5.41) is 14.5. The number of hydrogen-bond donors (Lipinski definition) is 2. The summed E-state index contributed by atoms with van der Waals surface area (Å²) in [5.41, 5.74) is 0.370. The molecule has 3 aromatic rings. The largest absolute Gasteiger partial charge is 0.491 e. The number of sulfone groups is 1. The number of benzene rings is 2. The molecule has 2 unspecified atom stereocenters. The van der Waals surface area contributed by atoms with Gasteiger partial charge in [0, 0.05) is 37.3 Å². The van der Waals surface area contributed by atoms with Gasteiger partial charge in [-0.1, -0.05) is 19.1 Å². The van der Waals surface area contributed by atoms with Gasteiger partial charge in [0.25, 0.3) is 0 Å². The Labute approximate surface area is 235 Å². The minimum atomic E-state index is -3.62. The van der Waals surface area contributed by atoms with Crippen molar-refractivity contribution in [3.63, 3.8) is 0 Å². The van der Waals surface area contributed by atoms with Gasteiger partial charge in [0.05, 0.1) is 33.3 Å². The molecule has 2 aliphatic rings. The van der Waals surface area contributed by atoms with Crippen LogP contribution in [-0.4, -0.2) is 87.6 Å². The second-order valence-electron chi connectivity index (χ2n) is 10.4. The Hall–Kier alpha value is -2.61. The average Bonchev–Trinajstić information content (AvgIpc) is 3.37. The number of aliphatic hydroxyl groups is 1. The quantitative estimate of drug-likeness (QED) is 0.365. The summed E-state index contributed by atoms with van der Waals surface area (Å²) in [6.07, 6.45) is 2.81. The molecule has 216 valence electrons. The van der Waals surface area contributed by atoms with E-state index in [9.17, 15) is 21.9 Å². The summed E-state index contributed by atoms with van der Waals surface area (Å²) < 4.78 is 64.1. The monoisotopic (exact) mass is 589 g/mol. The molecule has 0 saturated carbocycles. The maximum Gasteiger partial charge on any atom is 0.243 e. The number of aliphatic hydroxyl groups excluding tert-OH is 1. The number of rotatable bonds is 10. The fourth-order valence-electron chi connectivity index (χ4n) is 5.30. The smallest absolute Gasteiger partial charge is 0.243 e. The Morgan fingerprint density at radius 1 is 1.10 bits per heavy atom. The van der Waals surface area contributed by atoms with Crippen LogP contribution in [0.15, 0.2) is 70.6 Å². The zero-order valence-corrected chi connectivity index (χ0v) is 24.0. The van der Waals surface area contributed by atoms with Crippen molar-refractivity contribution < 1.29 is 31.4 Å². The molecule has 1 aromatic heterocycles. The van der Waals surface area contributed by atoms with Crippen LogP contribution in [0, 0.1) is 0 Å². The average molecular weight is 590 g/mol. The van der Waals surface area contributed by atoms with E-state index in [-0.39, 0.29) is 40.3 Å². The molecule has 1 spiro atoms. The summed E-state index contributed by atoms with van der Waals surface area (Å²) in [6.45, 7) is 3.12. The molecule has 2 aromatic carbocycles. The summed E-state index contributed by atoms with van der Waals surface area (Å²) in [4.78, 5) is 4.73. The van der Waals surface area contributed by atoms with Gasteiger partial charge in [0.1, 0.15) is 18.5 Å². The third-order valence-corrected chi connectivity index (χ3v) is 11.3. The van der Waals surface area contributed by atoms with Gasteiger partial charge in [0.2, 0.25) is 10.0 Å². The van der Waals surface area contributed by atoms with Crippen LogP contribution in [0.1, 0.15) is 26.2 Å². The van der Waals surface area contributed by atoms with Gasteiger partial charge < -0.3 is 19.9 Å². The van der Waals surface area contributed by atoms with E-state index in [4.69, 9.17) is 9.47 Å². The molecule has 2 saturated heterocycles. The van der Waals surface area contributed by atoms with E-state index in [1.54, 1.807) is 49.5 Å². The summed E-state index contributed by atoms with van der Waals surface area (Å²) in [7, 11) is -6.96. The molecule has 0 bridgehead atoms. The lowest BCUT2D eigenvalue weighted by Gasteiger charge is -2.38. The number of sulfonamides is 1. The Morgan fingerprint density at radius 3 is 2.67 bits per heavy atom. The molecule has 0 radical (unpaired) electrons. The van der Waals surface area contributed by atoms with Crippen LogP contribution in [0.2, 0.25) is 0 Å².